The van der Waals surface area contributed by atoms with Gasteiger partial charge in [0.25, 0.3) is 5.91 Å². The van der Waals surface area contributed by atoms with Crippen LogP contribution in [0.25, 0.3) is 0 Å². The Morgan fingerprint density at radius 3 is 2.75 bits per heavy atom. The van der Waals surface area contributed by atoms with Gasteiger partial charge >= 0.3 is 0 Å². The summed E-state index contributed by atoms with van der Waals surface area (Å²) in [5, 5.41) is 10.2. The second-order valence-corrected chi connectivity index (χ2v) is 4.70. The zero-order valence-electron chi connectivity index (χ0n) is 11.6. The van der Waals surface area contributed by atoms with E-state index in [0.29, 0.717) is 23.0 Å². The van der Waals surface area contributed by atoms with Crippen molar-refractivity contribution in [1.29, 1.82) is 0 Å². The van der Waals surface area contributed by atoms with Gasteiger partial charge in [-0.1, -0.05) is 13.8 Å². The molecule has 7 nitrogen and oxygen atoms in total. The molecule has 2 heterocycles. The Bertz CT molecular complexity index is 672. The molecule has 0 bridgehead atoms. The van der Waals surface area contributed by atoms with Gasteiger partial charge in [-0.05, 0) is 12.0 Å². The van der Waals surface area contributed by atoms with Crippen LogP contribution in [0.15, 0.2) is 21.3 Å². The lowest BCUT2D eigenvalue weighted by atomic mass is 10.0. The van der Waals surface area contributed by atoms with Crippen LogP contribution < -0.4 is 10.9 Å². The third kappa shape index (κ3) is 3.11. The summed E-state index contributed by atoms with van der Waals surface area (Å²) in [4.78, 5) is 26.2. The Labute approximate surface area is 115 Å². The van der Waals surface area contributed by atoms with Gasteiger partial charge in [0.1, 0.15) is 0 Å². The van der Waals surface area contributed by atoms with Crippen LogP contribution in [0.5, 0.6) is 0 Å². The van der Waals surface area contributed by atoms with Crippen LogP contribution in [0, 0.1) is 6.92 Å². The molecule has 0 radical (unpaired) electrons. The molecular weight excluding hydrogens is 260 g/mol. The molecule has 0 spiro atoms. The fourth-order valence-corrected chi connectivity index (χ4v) is 1.80. The van der Waals surface area contributed by atoms with Gasteiger partial charge in [0, 0.05) is 18.7 Å². The minimum atomic E-state index is -0.291. The summed E-state index contributed by atoms with van der Waals surface area (Å²) in [5.74, 6) is 0.531. The number of amides is 1. The lowest BCUT2D eigenvalue weighted by Gasteiger charge is -2.11. The normalized spacial score (nSPS) is 10.8. The Balaban J connectivity index is 2.15. The first-order valence-corrected chi connectivity index (χ1v) is 6.27. The van der Waals surface area contributed by atoms with Crippen LogP contribution in [0.4, 0.5) is 0 Å². The van der Waals surface area contributed by atoms with Crippen LogP contribution in [-0.4, -0.2) is 21.1 Å². The predicted molar refractivity (Wildman–Crippen MR) is 71.4 cm³/mol. The van der Waals surface area contributed by atoms with Crippen LogP contribution >= 0.6 is 0 Å². The molecule has 1 amide bonds. The fourth-order valence-electron chi connectivity index (χ4n) is 1.80. The van der Waals surface area contributed by atoms with Crippen molar-refractivity contribution in [3.05, 3.63) is 45.5 Å². The SMILES string of the molecule is Cc1nnc(CNC(=O)c2ccc(=O)[nH]c2C(C)C)o1. The zero-order valence-corrected chi connectivity index (χ0v) is 11.6. The van der Waals surface area contributed by atoms with Crippen LogP contribution in [0.2, 0.25) is 0 Å². The summed E-state index contributed by atoms with van der Waals surface area (Å²) in [6.07, 6.45) is 0. The number of nitrogens with one attached hydrogen (secondary N) is 2. The molecule has 2 N–H and O–H groups in total. The topological polar surface area (TPSA) is 101 Å². The summed E-state index contributed by atoms with van der Waals surface area (Å²) in [6.45, 7) is 5.64. The Kier molecular flexibility index (Phi) is 3.97. The van der Waals surface area contributed by atoms with Crippen molar-refractivity contribution < 1.29 is 9.21 Å². The molecule has 0 fully saturated rings. The third-order valence-electron chi connectivity index (χ3n) is 2.74. The van der Waals surface area contributed by atoms with E-state index in [0.717, 1.165) is 0 Å². The quantitative estimate of drug-likeness (QED) is 0.871. The first-order valence-electron chi connectivity index (χ1n) is 6.27. The largest absolute Gasteiger partial charge is 0.424 e. The standard InChI is InChI=1S/C13H16N4O3/c1-7(2)12-9(4-5-10(18)15-12)13(19)14-6-11-17-16-8(3)20-11/h4-5,7H,6H2,1-3H3,(H,14,19)(H,15,18). The second kappa shape index (κ2) is 5.68. The first-order chi connectivity index (χ1) is 9.47. The Morgan fingerprint density at radius 2 is 2.15 bits per heavy atom. The van der Waals surface area contributed by atoms with Crippen LogP contribution in [0.1, 0.15) is 47.6 Å². The van der Waals surface area contributed by atoms with Crippen molar-refractivity contribution in [3.63, 3.8) is 0 Å². The van der Waals surface area contributed by atoms with Crippen LogP contribution in [0.3, 0.4) is 0 Å². The molecule has 0 saturated heterocycles. The fraction of sp³-hybridized carbons (Fsp3) is 0.385. The minimum absolute atomic E-state index is 0.0373. The molecule has 0 aliphatic carbocycles. The monoisotopic (exact) mass is 276 g/mol. The van der Waals surface area contributed by atoms with Gasteiger partial charge in [-0.3, -0.25) is 9.59 Å². The number of aromatic amines is 1. The number of hydrogen-bond donors (Lipinski definition) is 2. The number of pyridine rings is 1. The van der Waals surface area contributed by atoms with Gasteiger partial charge in [0.2, 0.25) is 17.3 Å². The molecule has 106 valence electrons. The number of H-pyrrole nitrogens is 1. The summed E-state index contributed by atoms with van der Waals surface area (Å²) >= 11 is 0. The predicted octanol–water partition coefficient (Wildman–Crippen LogP) is 1.12. The highest BCUT2D eigenvalue weighted by molar-refractivity contribution is 5.95. The van der Waals surface area contributed by atoms with E-state index in [1.807, 2.05) is 13.8 Å². The van der Waals surface area contributed by atoms with Gasteiger partial charge < -0.3 is 14.7 Å². The molecule has 2 aromatic heterocycles. The van der Waals surface area contributed by atoms with Gasteiger partial charge in [-0.15, -0.1) is 10.2 Å². The van der Waals surface area contributed by atoms with E-state index >= 15 is 0 Å². The third-order valence-corrected chi connectivity index (χ3v) is 2.74. The summed E-state index contributed by atoms with van der Waals surface area (Å²) in [5.41, 5.74) is 0.824. The Hall–Kier alpha value is -2.44. The molecule has 2 rings (SSSR count). The minimum Gasteiger partial charge on any atom is -0.424 e. The molecule has 0 saturated carbocycles. The van der Waals surface area contributed by atoms with Crippen molar-refractivity contribution in [2.24, 2.45) is 0 Å². The van der Waals surface area contributed by atoms with E-state index in [2.05, 4.69) is 20.5 Å². The maximum atomic E-state index is 12.1. The number of aryl methyl sites for hydroxylation is 1. The van der Waals surface area contributed by atoms with Crippen molar-refractivity contribution in [1.82, 2.24) is 20.5 Å². The van der Waals surface area contributed by atoms with Gasteiger partial charge in [0.15, 0.2) is 0 Å². The highest BCUT2D eigenvalue weighted by Gasteiger charge is 2.15. The number of nitrogens with zero attached hydrogens (tertiary/aromatic N) is 2. The van der Waals surface area contributed by atoms with Crippen molar-refractivity contribution in [2.75, 3.05) is 0 Å². The summed E-state index contributed by atoms with van der Waals surface area (Å²) in [6, 6.07) is 2.85. The molecule has 2 aromatic rings. The molecule has 0 aliphatic heterocycles. The van der Waals surface area contributed by atoms with Crippen LogP contribution in [-0.2, 0) is 6.54 Å². The van der Waals surface area contributed by atoms with Gasteiger partial charge in [0.05, 0.1) is 12.1 Å². The smallest absolute Gasteiger partial charge is 0.253 e. The van der Waals surface area contributed by atoms with Gasteiger partial charge in [-0.25, -0.2) is 0 Å². The second-order valence-electron chi connectivity index (χ2n) is 4.70. The average molecular weight is 276 g/mol. The zero-order chi connectivity index (χ0) is 14.7. The molecule has 0 aliphatic rings. The average Bonchev–Trinajstić information content (AvgIpc) is 2.81. The van der Waals surface area contributed by atoms with E-state index in [9.17, 15) is 9.59 Å². The van der Waals surface area contributed by atoms with E-state index in [4.69, 9.17) is 4.42 Å². The highest BCUT2D eigenvalue weighted by atomic mass is 16.4. The van der Waals surface area contributed by atoms with E-state index < -0.39 is 0 Å². The molecular formula is C13H16N4O3. The van der Waals surface area contributed by atoms with Gasteiger partial charge in [-0.2, -0.15) is 0 Å². The van der Waals surface area contributed by atoms with E-state index in [1.54, 1.807) is 6.92 Å². The number of rotatable bonds is 4. The number of carbonyl (C=O) groups is 1. The summed E-state index contributed by atoms with van der Waals surface area (Å²) < 4.78 is 5.17. The van der Waals surface area contributed by atoms with E-state index in [1.165, 1.54) is 12.1 Å². The number of aromatic nitrogens is 3. The maximum Gasteiger partial charge on any atom is 0.253 e. The molecule has 20 heavy (non-hydrogen) atoms. The lowest BCUT2D eigenvalue weighted by Crippen LogP contribution is -2.26. The van der Waals surface area contributed by atoms with Crippen molar-refractivity contribution in [2.45, 2.75) is 33.2 Å². The van der Waals surface area contributed by atoms with E-state index in [-0.39, 0.29) is 23.9 Å². The number of carbonyl (C=O) groups excluding carboxylic acids is 1. The highest BCUT2D eigenvalue weighted by Crippen LogP contribution is 2.15. The maximum absolute atomic E-state index is 12.1. The molecule has 7 heteroatoms. The van der Waals surface area contributed by atoms with Crippen molar-refractivity contribution in [3.8, 4) is 0 Å². The molecule has 0 unspecified atom stereocenters. The number of hydrogen-bond acceptors (Lipinski definition) is 5. The summed E-state index contributed by atoms with van der Waals surface area (Å²) in [7, 11) is 0. The van der Waals surface area contributed by atoms with Crippen molar-refractivity contribution >= 4 is 5.91 Å². The Morgan fingerprint density at radius 1 is 1.40 bits per heavy atom. The molecule has 0 atom stereocenters. The first kappa shape index (κ1) is 14.0. The molecule has 0 aromatic carbocycles. The lowest BCUT2D eigenvalue weighted by molar-refractivity contribution is 0.0945.